The molecule has 1 amide bonds. The van der Waals surface area contributed by atoms with Crippen molar-refractivity contribution in [3.8, 4) is 0 Å². The minimum absolute atomic E-state index is 0.0592. The van der Waals surface area contributed by atoms with Gasteiger partial charge in [-0.1, -0.05) is 6.92 Å². The number of aryl methyl sites for hydroxylation is 1. The number of nitrogens with one attached hydrogen (secondary N) is 1. The number of hydrogen-bond acceptors (Lipinski definition) is 5. The number of carbonyl (C=O) groups excluding carboxylic acids is 1. The Morgan fingerprint density at radius 3 is 2.76 bits per heavy atom. The van der Waals surface area contributed by atoms with Crippen LogP contribution < -0.4 is 5.32 Å². The molecule has 0 radical (unpaired) electrons. The van der Waals surface area contributed by atoms with Crippen LogP contribution in [0.1, 0.15) is 44.3 Å². The highest BCUT2D eigenvalue weighted by Gasteiger charge is 2.31. The number of rotatable bonds is 8. The van der Waals surface area contributed by atoms with Gasteiger partial charge in [0.15, 0.2) is 9.84 Å². The van der Waals surface area contributed by atoms with E-state index >= 15 is 0 Å². The summed E-state index contributed by atoms with van der Waals surface area (Å²) in [5, 5.41) is 7.35. The number of carbonyl (C=O) groups is 1. The van der Waals surface area contributed by atoms with E-state index < -0.39 is 9.84 Å². The Morgan fingerprint density at radius 1 is 1.40 bits per heavy atom. The Labute approximate surface area is 149 Å². The van der Waals surface area contributed by atoms with Crippen LogP contribution in [0.15, 0.2) is 6.07 Å². The molecule has 8 heteroatoms. The number of amides is 1. The fraction of sp³-hybridized carbons (Fsp3) is 0.765. The first kappa shape index (κ1) is 18.4. The molecular weight excluding hydrogens is 340 g/mol. The largest absolute Gasteiger partial charge is 0.310 e. The van der Waals surface area contributed by atoms with Gasteiger partial charge in [0.05, 0.1) is 29.8 Å². The lowest BCUT2D eigenvalue weighted by atomic mass is 10.3. The fourth-order valence-electron chi connectivity index (χ4n) is 3.46. The predicted molar refractivity (Wildman–Crippen MR) is 97.4 cm³/mol. The van der Waals surface area contributed by atoms with Crippen LogP contribution >= 0.6 is 0 Å². The number of hydrogen-bond donors (Lipinski definition) is 1. The molecule has 1 aliphatic carbocycles. The Balaban J connectivity index is 1.64. The molecule has 1 unspecified atom stereocenters. The molecule has 1 aromatic heterocycles. The molecule has 1 saturated heterocycles. The van der Waals surface area contributed by atoms with Crippen molar-refractivity contribution in [2.75, 3.05) is 36.5 Å². The second-order valence-corrected chi connectivity index (χ2v) is 9.63. The number of nitrogens with zero attached hydrogens (tertiary/aromatic N) is 3. The zero-order valence-corrected chi connectivity index (χ0v) is 15.9. The highest BCUT2D eigenvalue weighted by Crippen LogP contribution is 2.30. The second-order valence-electron chi connectivity index (χ2n) is 7.40. The van der Waals surface area contributed by atoms with Crippen LogP contribution in [0, 0.1) is 12.8 Å². The van der Waals surface area contributed by atoms with E-state index in [9.17, 15) is 13.2 Å². The third-order valence-corrected chi connectivity index (χ3v) is 6.55. The van der Waals surface area contributed by atoms with E-state index in [0.29, 0.717) is 18.8 Å². The van der Waals surface area contributed by atoms with Gasteiger partial charge in [-0.25, -0.2) is 13.1 Å². The fourth-order valence-corrected chi connectivity index (χ4v) is 5.15. The van der Waals surface area contributed by atoms with Gasteiger partial charge < -0.3 is 5.32 Å². The first-order valence-corrected chi connectivity index (χ1v) is 11.0. The molecule has 1 aliphatic heterocycles. The normalized spacial score (nSPS) is 22.4. The molecule has 2 heterocycles. The number of sulfone groups is 1. The maximum Gasteiger partial charge on any atom is 0.239 e. The Bertz CT molecular complexity index is 724. The molecule has 7 nitrogen and oxygen atoms in total. The maximum atomic E-state index is 12.5. The van der Waals surface area contributed by atoms with Crippen LogP contribution in [0.25, 0.3) is 0 Å². The molecule has 2 fully saturated rings. The summed E-state index contributed by atoms with van der Waals surface area (Å²) in [4.78, 5) is 14.7. The van der Waals surface area contributed by atoms with Crippen LogP contribution in [0.3, 0.4) is 0 Å². The lowest BCUT2D eigenvalue weighted by Crippen LogP contribution is -2.35. The average Bonchev–Trinajstić information content (AvgIpc) is 3.15. The van der Waals surface area contributed by atoms with Crippen LogP contribution in [-0.2, 0) is 14.6 Å². The van der Waals surface area contributed by atoms with Crippen molar-refractivity contribution < 1.29 is 13.2 Å². The molecule has 0 bridgehead atoms. The lowest BCUT2D eigenvalue weighted by Gasteiger charge is -2.21. The van der Waals surface area contributed by atoms with Crippen molar-refractivity contribution in [1.82, 2.24) is 14.7 Å². The van der Waals surface area contributed by atoms with Gasteiger partial charge in [0.25, 0.3) is 0 Å². The first-order chi connectivity index (χ1) is 11.9. The predicted octanol–water partition coefficient (Wildman–Crippen LogP) is 1.61. The van der Waals surface area contributed by atoms with E-state index in [4.69, 9.17) is 0 Å². The van der Waals surface area contributed by atoms with Crippen molar-refractivity contribution in [3.63, 3.8) is 0 Å². The van der Waals surface area contributed by atoms with E-state index in [1.807, 2.05) is 13.0 Å². The molecule has 1 aromatic rings. The Kier molecular flexibility index (Phi) is 5.48. The van der Waals surface area contributed by atoms with Gasteiger partial charge in [0.2, 0.25) is 5.91 Å². The molecule has 140 valence electrons. The van der Waals surface area contributed by atoms with E-state index in [0.717, 1.165) is 31.1 Å². The second kappa shape index (κ2) is 7.45. The summed E-state index contributed by atoms with van der Waals surface area (Å²) in [7, 11) is -2.99. The summed E-state index contributed by atoms with van der Waals surface area (Å²) >= 11 is 0. The zero-order valence-electron chi connectivity index (χ0n) is 15.1. The Morgan fingerprint density at radius 2 is 2.16 bits per heavy atom. The minimum Gasteiger partial charge on any atom is -0.310 e. The van der Waals surface area contributed by atoms with Crippen LogP contribution in [-0.4, -0.2) is 60.1 Å². The summed E-state index contributed by atoms with van der Waals surface area (Å²) in [5.74, 6) is 1.58. The van der Waals surface area contributed by atoms with Crippen LogP contribution in [0.4, 0.5) is 5.82 Å². The van der Waals surface area contributed by atoms with Crippen molar-refractivity contribution in [2.45, 2.75) is 45.6 Å². The summed E-state index contributed by atoms with van der Waals surface area (Å²) < 4.78 is 25.2. The van der Waals surface area contributed by atoms with Crippen LogP contribution in [0.2, 0.25) is 0 Å². The third-order valence-electron chi connectivity index (χ3n) is 4.80. The molecular formula is C17H28N4O3S. The van der Waals surface area contributed by atoms with E-state index in [1.165, 1.54) is 12.8 Å². The number of aromatic nitrogens is 2. The van der Waals surface area contributed by atoms with Crippen molar-refractivity contribution in [3.05, 3.63) is 11.8 Å². The van der Waals surface area contributed by atoms with E-state index in [-0.39, 0.29) is 23.5 Å². The minimum atomic E-state index is -2.99. The van der Waals surface area contributed by atoms with Gasteiger partial charge in [-0.3, -0.25) is 9.69 Å². The smallest absolute Gasteiger partial charge is 0.239 e. The maximum absolute atomic E-state index is 12.5. The Hall–Kier alpha value is -1.41. The summed E-state index contributed by atoms with van der Waals surface area (Å²) in [6, 6.07) is 1.63. The van der Waals surface area contributed by atoms with E-state index in [1.54, 1.807) is 4.68 Å². The third kappa shape index (κ3) is 5.04. The highest BCUT2D eigenvalue weighted by molar-refractivity contribution is 7.91. The van der Waals surface area contributed by atoms with Gasteiger partial charge in [-0.05, 0) is 45.1 Å². The molecule has 1 saturated carbocycles. The highest BCUT2D eigenvalue weighted by atomic mass is 32.2. The molecule has 0 spiro atoms. The molecule has 1 N–H and O–H groups in total. The van der Waals surface area contributed by atoms with Gasteiger partial charge >= 0.3 is 0 Å². The van der Waals surface area contributed by atoms with Crippen molar-refractivity contribution >= 4 is 21.6 Å². The number of anilines is 1. The summed E-state index contributed by atoms with van der Waals surface area (Å²) in [6.07, 6.45) is 4.11. The summed E-state index contributed by atoms with van der Waals surface area (Å²) in [5.41, 5.74) is 0.781. The van der Waals surface area contributed by atoms with Crippen molar-refractivity contribution in [2.24, 2.45) is 5.92 Å². The molecule has 0 aromatic carbocycles. The van der Waals surface area contributed by atoms with Gasteiger partial charge in [0.1, 0.15) is 5.82 Å². The topological polar surface area (TPSA) is 84.3 Å². The SMILES string of the molecule is CCCN(CC(=O)Nc1cc(C)nn1C1CCS(=O)(=O)C1)CC1CC1. The lowest BCUT2D eigenvalue weighted by molar-refractivity contribution is -0.117. The average molecular weight is 369 g/mol. The van der Waals surface area contributed by atoms with Crippen molar-refractivity contribution in [1.29, 1.82) is 0 Å². The molecule has 1 atom stereocenters. The quantitative estimate of drug-likeness (QED) is 0.754. The summed E-state index contributed by atoms with van der Waals surface area (Å²) in [6.45, 7) is 6.25. The first-order valence-electron chi connectivity index (χ1n) is 9.15. The molecule has 2 aliphatic rings. The van der Waals surface area contributed by atoms with Gasteiger partial charge in [-0.2, -0.15) is 5.10 Å². The van der Waals surface area contributed by atoms with E-state index in [2.05, 4.69) is 22.2 Å². The molecule has 3 rings (SSSR count). The van der Waals surface area contributed by atoms with Gasteiger partial charge in [0, 0.05) is 12.6 Å². The molecule has 25 heavy (non-hydrogen) atoms. The van der Waals surface area contributed by atoms with Crippen LogP contribution in [0.5, 0.6) is 0 Å². The van der Waals surface area contributed by atoms with Gasteiger partial charge in [-0.15, -0.1) is 0 Å². The zero-order chi connectivity index (χ0) is 18.0. The standard InChI is InChI=1S/C17H28N4O3S/c1-3-7-20(10-14-4-5-14)11-17(22)18-16-9-13(2)19-21(16)15-6-8-25(23,24)12-15/h9,14-15H,3-8,10-12H2,1-2H3,(H,18,22). The monoisotopic (exact) mass is 368 g/mol.